The van der Waals surface area contributed by atoms with Crippen LogP contribution in [0, 0.1) is 0 Å². The molecule has 1 saturated heterocycles. The van der Waals surface area contributed by atoms with Crippen molar-refractivity contribution in [3.8, 4) is 0 Å². The molecule has 1 fully saturated rings. The number of likely N-dealkylation sites (tertiary alicyclic amines) is 1. The molecule has 0 unspecified atom stereocenters. The van der Waals surface area contributed by atoms with Crippen molar-refractivity contribution in [2.75, 3.05) is 20.1 Å². The van der Waals surface area contributed by atoms with Gasteiger partial charge in [0.1, 0.15) is 11.4 Å². The Labute approximate surface area is 119 Å². The molecular weight excluding hydrogens is 256 g/mol. The van der Waals surface area contributed by atoms with Gasteiger partial charge in [-0.2, -0.15) is 0 Å². The average molecular weight is 278 g/mol. The van der Waals surface area contributed by atoms with Gasteiger partial charge in [0.05, 0.1) is 0 Å². The van der Waals surface area contributed by atoms with Gasteiger partial charge in [-0.15, -0.1) is 0 Å². The van der Waals surface area contributed by atoms with E-state index in [4.69, 9.17) is 4.74 Å². The van der Waals surface area contributed by atoms with Crippen molar-refractivity contribution >= 4 is 13.1 Å². The monoisotopic (exact) mass is 278 g/mol. The first kappa shape index (κ1) is 16.0. The zero-order valence-corrected chi connectivity index (χ0v) is 11.9. The first-order valence-electron chi connectivity index (χ1n) is 6.41. The summed E-state index contributed by atoms with van der Waals surface area (Å²) >= 11 is 0. The first-order chi connectivity index (χ1) is 9.65. The molecule has 1 spiro atoms. The van der Waals surface area contributed by atoms with Crippen LogP contribution in [0.5, 0.6) is 0 Å². The van der Waals surface area contributed by atoms with E-state index in [0.717, 1.165) is 12.0 Å². The number of nitrogens with one attached hydrogen (secondary N) is 1. The minimum absolute atomic E-state index is 0.461. The molecule has 20 heavy (non-hydrogen) atoms. The lowest BCUT2D eigenvalue weighted by Crippen LogP contribution is -2.50. The van der Waals surface area contributed by atoms with Crippen LogP contribution in [0.15, 0.2) is 41.5 Å². The summed E-state index contributed by atoms with van der Waals surface area (Å²) in [6, 6.07) is 0. The van der Waals surface area contributed by atoms with Crippen LogP contribution in [0.2, 0.25) is 0 Å². The Morgan fingerprint density at radius 1 is 1.45 bits per heavy atom. The van der Waals surface area contributed by atoms with Crippen molar-refractivity contribution in [3.05, 3.63) is 36.5 Å². The van der Waals surface area contributed by atoms with Crippen LogP contribution < -0.4 is 11.1 Å². The van der Waals surface area contributed by atoms with Gasteiger partial charge in [-0.05, 0) is 20.3 Å². The molecule has 0 aromatic rings. The molecule has 0 saturated carbocycles. The molecule has 6 heteroatoms. The van der Waals surface area contributed by atoms with Crippen LogP contribution in [0.25, 0.3) is 0 Å². The highest BCUT2D eigenvalue weighted by Crippen LogP contribution is 2.39. The van der Waals surface area contributed by atoms with Gasteiger partial charge in [0.15, 0.2) is 5.88 Å². The lowest BCUT2D eigenvalue weighted by Gasteiger charge is -2.44. The Kier molecular flexibility index (Phi) is 5.52. The molecule has 3 N–H and O–H groups in total. The van der Waals surface area contributed by atoms with Gasteiger partial charge in [0, 0.05) is 31.5 Å². The Hall–Kier alpha value is -2.08. The van der Waals surface area contributed by atoms with E-state index in [-0.39, 0.29) is 0 Å². The smallest absolute Gasteiger partial charge is 0.209 e. The van der Waals surface area contributed by atoms with Crippen LogP contribution in [-0.4, -0.2) is 43.8 Å². The molecule has 0 radical (unpaired) electrons. The topological polar surface area (TPSA) is 80.0 Å². The van der Waals surface area contributed by atoms with Crippen LogP contribution in [-0.2, 0) is 9.53 Å². The number of ether oxygens (including phenoxy) is 1. The van der Waals surface area contributed by atoms with Gasteiger partial charge in [-0.1, -0.05) is 12.7 Å². The van der Waals surface area contributed by atoms with Crippen molar-refractivity contribution < 1.29 is 9.53 Å². The van der Waals surface area contributed by atoms with E-state index >= 15 is 0 Å². The summed E-state index contributed by atoms with van der Waals surface area (Å²) in [6.45, 7) is 12.5. The second-order valence-electron chi connectivity index (χ2n) is 4.41. The molecule has 0 aromatic carbocycles. The molecule has 2 aliphatic heterocycles. The summed E-state index contributed by atoms with van der Waals surface area (Å²) in [6.07, 6.45) is 4.01. The maximum Gasteiger partial charge on any atom is 0.209 e. The van der Waals surface area contributed by atoms with E-state index in [1.165, 1.54) is 7.05 Å². The number of carbonyl (C=O) groups is 1. The second-order valence-corrected chi connectivity index (χ2v) is 4.41. The van der Waals surface area contributed by atoms with Crippen molar-refractivity contribution in [2.45, 2.75) is 18.4 Å². The summed E-state index contributed by atoms with van der Waals surface area (Å²) in [5.74, 6) is 1.10. The Morgan fingerprint density at radius 3 is 2.50 bits per heavy atom. The summed E-state index contributed by atoms with van der Waals surface area (Å²) < 4.78 is 5.88. The largest absolute Gasteiger partial charge is 0.468 e. The zero-order chi connectivity index (χ0) is 15.2. The molecule has 1 amide bonds. The summed E-state index contributed by atoms with van der Waals surface area (Å²) in [5, 5.41) is 2.94. The van der Waals surface area contributed by atoms with E-state index in [9.17, 15) is 4.79 Å². The van der Waals surface area contributed by atoms with Gasteiger partial charge in [0.2, 0.25) is 6.41 Å². The van der Waals surface area contributed by atoms with Crippen molar-refractivity contribution in [1.82, 2.24) is 10.2 Å². The third-order valence-corrected chi connectivity index (χ3v) is 3.44. The normalized spacial score (nSPS) is 20.3. The van der Waals surface area contributed by atoms with Gasteiger partial charge >= 0.3 is 0 Å². The van der Waals surface area contributed by atoms with E-state index in [1.807, 2.05) is 0 Å². The number of aliphatic imine (C=N–C) groups is 1. The molecule has 2 rings (SSSR count). The number of rotatable bonds is 3. The number of nitrogens with zero attached hydrogens (tertiary/aromatic N) is 2. The molecule has 2 aliphatic rings. The number of amides is 1. The fraction of sp³-hybridized carbons (Fsp3) is 0.429. The molecule has 110 valence electrons. The summed E-state index contributed by atoms with van der Waals surface area (Å²) in [7, 11) is 1.50. The standard InChI is InChI=1S/C13H17N3O2.CH5N/c1-4-11-12(14-3)15-10(2)18-13(11)5-7-16(9-17)8-6-13;1-2/h4,9,15H,1-3,5-8H2;2H2,1H3. The zero-order valence-electron chi connectivity index (χ0n) is 11.9. The van der Waals surface area contributed by atoms with Gasteiger partial charge in [0.25, 0.3) is 0 Å². The van der Waals surface area contributed by atoms with Crippen molar-refractivity contribution in [2.24, 2.45) is 10.7 Å². The number of hydrogen-bond acceptors (Lipinski definition) is 5. The lowest BCUT2D eigenvalue weighted by atomic mass is 9.83. The van der Waals surface area contributed by atoms with Gasteiger partial charge in [-0.3, -0.25) is 4.79 Å². The molecule has 2 heterocycles. The number of piperidine rings is 1. The lowest BCUT2D eigenvalue weighted by molar-refractivity contribution is -0.122. The number of hydrogen-bond donors (Lipinski definition) is 2. The predicted octanol–water partition coefficient (Wildman–Crippen LogP) is 0.741. The Balaban J connectivity index is 0.000000956. The fourth-order valence-electron chi connectivity index (χ4n) is 2.50. The molecule has 0 bridgehead atoms. The summed E-state index contributed by atoms with van der Waals surface area (Å²) in [4.78, 5) is 16.5. The van der Waals surface area contributed by atoms with Gasteiger partial charge < -0.3 is 20.7 Å². The fourth-order valence-corrected chi connectivity index (χ4v) is 2.50. The minimum Gasteiger partial charge on any atom is -0.468 e. The van der Waals surface area contributed by atoms with E-state index in [0.29, 0.717) is 37.6 Å². The van der Waals surface area contributed by atoms with Crippen LogP contribution in [0.1, 0.15) is 12.8 Å². The molecular formula is C14H22N4O2. The Morgan fingerprint density at radius 2 is 2.05 bits per heavy atom. The highest BCUT2D eigenvalue weighted by Gasteiger charge is 2.43. The molecule has 0 aliphatic carbocycles. The first-order valence-corrected chi connectivity index (χ1v) is 6.41. The maximum absolute atomic E-state index is 10.8. The molecule has 0 aromatic heterocycles. The third-order valence-electron chi connectivity index (χ3n) is 3.44. The molecule has 6 nitrogen and oxygen atoms in total. The quantitative estimate of drug-likeness (QED) is 0.589. The Bertz CT molecular complexity index is 434. The van der Waals surface area contributed by atoms with E-state index in [1.54, 1.807) is 11.0 Å². The average Bonchev–Trinajstić information content (AvgIpc) is 2.49. The van der Waals surface area contributed by atoms with Crippen LogP contribution >= 0.6 is 0 Å². The number of nitrogens with two attached hydrogens (primary N) is 1. The third kappa shape index (κ3) is 2.91. The van der Waals surface area contributed by atoms with E-state index < -0.39 is 5.60 Å². The van der Waals surface area contributed by atoms with E-state index in [2.05, 4.69) is 35.9 Å². The number of carbonyl (C=O) groups excluding carboxylic acids is 1. The minimum atomic E-state index is -0.486. The van der Waals surface area contributed by atoms with Crippen LogP contribution in [0.3, 0.4) is 0 Å². The highest BCUT2D eigenvalue weighted by molar-refractivity contribution is 5.48. The predicted molar refractivity (Wildman–Crippen MR) is 79.8 cm³/mol. The summed E-state index contributed by atoms with van der Waals surface area (Å²) in [5.41, 5.74) is 4.90. The molecule has 0 atom stereocenters. The maximum atomic E-state index is 10.8. The van der Waals surface area contributed by atoms with Crippen molar-refractivity contribution in [3.63, 3.8) is 0 Å². The second kappa shape index (κ2) is 6.91. The van der Waals surface area contributed by atoms with Crippen molar-refractivity contribution in [1.29, 1.82) is 0 Å². The SMILES string of the molecule is C=CC1=C(N=C)NC(=C)OC12CCN(C=O)CC2.CN. The van der Waals surface area contributed by atoms with Crippen LogP contribution in [0.4, 0.5) is 0 Å². The highest BCUT2D eigenvalue weighted by atomic mass is 16.5. The van der Waals surface area contributed by atoms with Gasteiger partial charge in [-0.25, -0.2) is 4.99 Å².